The van der Waals surface area contributed by atoms with Crippen molar-refractivity contribution in [1.29, 1.82) is 0 Å². The number of carbonyl (C=O) groups excluding carboxylic acids is 2. The van der Waals surface area contributed by atoms with Gasteiger partial charge in [0, 0.05) is 19.6 Å². The number of methoxy groups -OCH3 is 1. The van der Waals surface area contributed by atoms with Crippen molar-refractivity contribution in [2.24, 2.45) is 17.6 Å². The number of ether oxygens (including phenoxy) is 1. The number of nitrogens with two attached hydrogens (primary N) is 1. The van der Waals surface area contributed by atoms with E-state index in [1.165, 1.54) is 7.11 Å². The van der Waals surface area contributed by atoms with Crippen LogP contribution in [-0.4, -0.2) is 49.7 Å². The predicted octanol–water partition coefficient (Wildman–Crippen LogP) is 0.174. The van der Waals surface area contributed by atoms with Crippen molar-refractivity contribution in [1.82, 2.24) is 10.2 Å². The van der Waals surface area contributed by atoms with Crippen LogP contribution in [0.25, 0.3) is 0 Å². The number of amides is 2. The first-order chi connectivity index (χ1) is 8.49. The molecule has 2 amide bonds. The number of nitrogens with zero attached hydrogens (tertiary/aromatic N) is 1. The highest BCUT2D eigenvalue weighted by molar-refractivity contribution is 5.79. The largest absolute Gasteiger partial charge is 0.453 e. The molecule has 0 radical (unpaired) electrons. The fraction of sp³-hybridized carbons (Fsp3) is 0.833. The maximum Gasteiger partial charge on any atom is 0.407 e. The van der Waals surface area contributed by atoms with Crippen LogP contribution < -0.4 is 11.1 Å². The van der Waals surface area contributed by atoms with Gasteiger partial charge in [0.1, 0.15) is 0 Å². The molecule has 104 valence electrons. The number of rotatable bonds is 4. The summed E-state index contributed by atoms with van der Waals surface area (Å²) in [5.74, 6) is 0.179. The van der Waals surface area contributed by atoms with Crippen molar-refractivity contribution in [2.75, 3.05) is 26.7 Å². The first kappa shape index (κ1) is 14.8. The van der Waals surface area contributed by atoms with Gasteiger partial charge < -0.3 is 20.7 Å². The van der Waals surface area contributed by atoms with Gasteiger partial charge in [-0.25, -0.2) is 4.79 Å². The zero-order valence-corrected chi connectivity index (χ0v) is 11.3. The molecule has 0 spiro atoms. The maximum atomic E-state index is 12.2. The third kappa shape index (κ3) is 3.60. The molecule has 0 aliphatic carbocycles. The lowest BCUT2D eigenvalue weighted by Gasteiger charge is -2.25. The Morgan fingerprint density at radius 3 is 2.67 bits per heavy atom. The van der Waals surface area contributed by atoms with Crippen LogP contribution in [0.3, 0.4) is 0 Å². The van der Waals surface area contributed by atoms with Crippen molar-refractivity contribution >= 4 is 12.0 Å². The SMILES string of the molecule is COC(=O)NC1CCN(C(=O)C(CN)C(C)C)C1. The van der Waals surface area contributed by atoms with E-state index in [2.05, 4.69) is 10.1 Å². The van der Waals surface area contributed by atoms with E-state index >= 15 is 0 Å². The molecule has 1 saturated heterocycles. The summed E-state index contributed by atoms with van der Waals surface area (Å²) in [5.41, 5.74) is 5.64. The van der Waals surface area contributed by atoms with Gasteiger partial charge in [-0.05, 0) is 12.3 Å². The molecular formula is C12H23N3O3. The number of nitrogens with one attached hydrogen (secondary N) is 1. The number of likely N-dealkylation sites (tertiary alicyclic amines) is 1. The van der Waals surface area contributed by atoms with E-state index < -0.39 is 6.09 Å². The van der Waals surface area contributed by atoms with E-state index in [0.29, 0.717) is 19.6 Å². The topological polar surface area (TPSA) is 84.7 Å². The highest BCUT2D eigenvalue weighted by Gasteiger charge is 2.32. The Hall–Kier alpha value is -1.30. The first-order valence-corrected chi connectivity index (χ1v) is 6.33. The molecule has 1 rings (SSSR count). The number of hydrogen-bond donors (Lipinski definition) is 2. The summed E-state index contributed by atoms with van der Waals surface area (Å²) >= 11 is 0. The Kier molecular flexibility index (Phi) is 5.40. The number of alkyl carbamates (subject to hydrolysis) is 1. The van der Waals surface area contributed by atoms with Gasteiger partial charge in [0.15, 0.2) is 0 Å². The third-order valence-electron chi connectivity index (χ3n) is 3.38. The normalized spacial score (nSPS) is 20.9. The maximum absolute atomic E-state index is 12.2. The highest BCUT2D eigenvalue weighted by Crippen LogP contribution is 2.17. The van der Waals surface area contributed by atoms with E-state index in [4.69, 9.17) is 5.73 Å². The van der Waals surface area contributed by atoms with Gasteiger partial charge in [0.2, 0.25) is 5.91 Å². The Morgan fingerprint density at radius 2 is 2.17 bits per heavy atom. The van der Waals surface area contributed by atoms with Crippen molar-refractivity contribution < 1.29 is 14.3 Å². The molecule has 1 heterocycles. The minimum atomic E-state index is -0.450. The second kappa shape index (κ2) is 6.58. The lowest BCUT2D eigenvalue weighted by Crippen LogP contribution is -2.43. The first-order valence-electron chi connectivity index (χ1n) is 6.33. The molecule has 1 aliphatic heterocycles. The fourth-order valence-electron chi connectivity index (χ4n) is 2.20. The van der Waals surface area contributed by atoms with Crippen LogP contribution in [0.4, 0.5) is 4.79 Å². The Morgan fingerprint density at radius 1 is 1.50 bits per heavy atom. The van der Waals surface area contributed by atoms with Gasteiger partial charge in [-0.1, -0.05) is 13.8 Å². The Bertz CT molecular complexity index is 307. The lowest BCUT2D eigenvalue weighted by atomic mass is 9.94. The highest BCUT2D eigenvalue weighted by atomic mass is 16.5. The van der Waals surface area contributed by atoms with Crippen molar-refractivity contribution in [2.45, 2.75) is 26.3 Å². The number of hydrogen-bond acceptors (Lipinski definition) is 4. The van der Waals surface area contributed by atoms with Gasteiger partial charge in [-0.3, -0.25) is 4.79 Å². The van der Waals surface area contributed by atoms with Crippen molar-refractivity contribution in [3.63, 3.8) is 0 Å². The zero-order chi connectivity index (χ0) is 13.7. The van der Waals surface area contributed by atoms with Gasteiger partial charge in [0.05, 0.1) is 19.1 Å². The van der Waals surface area contributed by atoms with Crippen LogP contribution in [0.2, 0.25) is 0 Å². The molecule has 2 unspecified atom stereocenters. The smallest absolute Gasteiger partial charge is 0.407 e. The van der Waals surface area contributed by atoms with E-state index in [9.17, 15) is 9.59 Å². The van der Waals surface area contributed by atoms with Crippen LogP contribution >= 0.6 is 0 Å². The summed E-state index contributed by atoms with van der Waals surface area (Å²) in [4.78, 5) is 25.1. The molecule has 1 fully saturated rings. The minimum absolute atomic E-state index is 0.0213. The van der Waals surface area contributed by atoms with Crippen molar-refractivity contribution in [3.8, 4) is 0 Å². The van der Waals surface area contributed by atoms with Crippen LogP contribution in [0, 0.1) is 11.8 Å². The molecule has 2 atom stereocenters. The van der Waals surface area contributed by atoms with E-state index in [1.54, 1.807) is 4.90 Å². The van der Waals surface area contributed by atoms with Gasteiger partial charge in [0.25, 0.3) is 0 Å². The predicted molar refractivity (Wildman–Crippen MR) is 67.9 cm³/mol. The summed E-state index contributed by atoms with van der Waals surface area (Å²) < 4.78 is 4.54. The molecule has 3 N–H and O–H groups in total. The standard InChI is InChI=1S/C12H23N3O3/c1-8(2)10(6-13)11(16)15-5-4-9(7-15)14-12(17)18-3/h8-10H,4-7,13H2,1-3H3,(H,14,17). The second-order valence-electron chi connectivity index (χ2n) is 4.99. The van der Waals surface area contributed by atoms with Crippen LogP contribution in [0.15, 0.2) is 0 Å². The minimum Gasteiger partial charge on any atom is -0.453 e. The Labute approximate surface area is 108 Å². The molecule has 6 heteroatoms. The van der Waals surface area contributed by atoms with Gasteiger partial charge >= 0.3 is 6.09 Å². The summed E-state index contributed by atoms with van der Waals surface area (Å²) in [7, 11) is 1.33. The third-order valence-corrected chi connectivity index (χ3v) is 3.38. The second-order valence-corrected chi connectivity index (χ2v) is 4.99. The monoisotopic (exact) mass is 257 g/mol. The zero-order valence-electron chi connectivity index (χ0n) is 11.3. The molecule has 0 bridgehead atoms. The van der Waals surface area contributed by atoms with E-state index in [1.807, 2.05) is 13.8 Å². The molecule has 0 aromatic carbocycles. The van der Waals surface area contributed by atoms with Crippen LogP contribution in [0.1, 0.15) is 20.3 Å². The van der Waals surface area contributed by atoms with Crippen molar-refractivity contribution in [3.05, 3.63) is 0 Å². The molecule has 0 saturated carbocycles. The number of carbonyl (C=O) groups is 2. The van der Waals surface area contributed by atoms with Crippen LogP contribution in [-0.2, 0) is 9.53 Å². The molecule has 0 aromatic rings. The fourth-order valence-corrected chi connectivity index (χ4v) is 2.20. The molecule has 6 nitrogen and oxygen atoms in total. The van der Waals surface area contributed by atoms with E-state index in [0.717, 1.165) is 6.42 Å². The Balaban J connectivity index is 2.50. The average molecular weight is 257 g/mol. The lowest BCUT2D eigenvalue weighted by molar-refractivity contribution is -0.135. The quantitative estimate of drug-likeness (QED) is 0.752. The molecule has 18 heavy (non-hydrogen) atoms. The summed E-state index contributed by atoms with van der Waals surface area (Å²) in [5, 5.41) is 2.71. The van der Waals surface area contributed by atoms with Gasteiger partial charge in [-0.15, -0.1) is 0 Å². The molecular weight excluding hydrogens is 234 g/mol. The summed E-state index contributed by atoms with van der Waals surface area (Å²) in [6.07, 6.45) is 0.310. The molecule has 1 aliphatic rings. The summed E-state index contributed by atoms with van der Waals surface area (Å²) in [6.45, 7) is 5.56. The van der Waals surface area contributed by atoms with E-state index in [-0.39, 0.29) is 23.8 Å². The average Bonchev–Trinajstić information content (AvgIpc) is 2.77. The summed E-state index contributed by atoms with van der Waals surface area (Å²) in [6, 6.07) is -0.0213. The molecule has 0 aromatic heterocycles. The van der Waals surface area contributed by atoms with Crippen LogP contribution in [0.5, 0.6) is 0 Å². The van der Waals surface area contributed by atoms with Gasteiger partial charge in [-0.2, -0.15) is 0 Å².